The third-order valence-corrected chi connectivity index (χ3v) is 4.02. The maximum absolute atomic E-state index is 12.3. The summed E-state index contributed by atoms with van der Waals surface area (Å²) in [6, 6.07) is 15.9. The van der Waals surface area contributed by atoms with Gasteiger partial charge in [-0.05, 0) is 57.2 Å². The number of anilines is 1. The number of carbonyl (C=O) groups excluding carboxylic acids is 2. The van der Waals surface area contributed by atoms with Crippen LogP contribution in [0.2, 0.25) is 0 Å². The van der Waals surface area contributed by atoms with Crippen LogP contribution in [-0.2, 0) is 6.61 Å². The van der Waals surface area contributed by atoms with Crippen LogP contribution in [0, 0.1) is 6.92 Å². The average Bonchev–Trinajstić information content (AvgIpc) is 3.17. The van der Waals surface area contributed by atoms with Gasteiger partial charge in [-0.2, -0.15) is 0 Å². The van der Waals surface area contributed by atoms with Crippen molar-refractivity contribution >= 4 is 17.5 Å². The van der Waals surface area contributed by atoms with E-state index in [2.05, 4.69) is 15.8 Å². The van der Waals surface area contributed by atoms with Crippen molar-refractivity contribution < 1.29 is 18.8 Å². The molecule has 0 fully saturated rings. The molecule has 0 bridgehead atoms. The second kappa shape index (κ2) is 9.05. The molecule has 7 nitrogen and oxygen atoms in total. The molecule has 7 heteroatoms. The predicted molar refractivity (Wildman–Crippen MR) is 109 cm³/mol. The van der Waals surface area contributed by atoms with Gasteiger partial charge in [-0.1, -0.05) is 22.9 Å². The first-order valence-corrected chi connectivity index (χ1v) is 9.28. The number of nitrogens with zero attached hydrogens (tertiary/aromatic N) is 1. The smallest absolute Gasteiger partial charge is 0.273 e. The van der Waals surface area contributed by atoms with Gasteiger partial charge in [-0.15, -0.1) is 0 Å². The molecule has 0 aliphatic carbocycles. The molecule has 0 saturated heterocycles. The van der Waals surface area contributed by atoms with Gasteiger partial charge in [0.05, 0.1) is 0 Å². The zero-order valence-corrected chi connectivity index (χ0v) is 16.6. The Morgan fingerprint density at radius 3 is 2.38 bits per heavy atom. The first kappa shape index (κ1) is 20.1. The number of amides is 2. The van der Waals surface area contributed by atoms with Crippen molar-refractivity contribution in [2.45, 2.75) is 33.4 Å². The van der Waals surface area contributed by atoms with Crippen molar-refractivity contribution in [3.8, 4) is 5.75 Å². The molecule has 0 spiro atoms. The van der Waals surface area contributed by atoms with E-state index in [0.29, 0.717) is 22.8 Å². The number of hydrogen-bond donors (Lipinski definition) is 2. The summed E-state index contributed by atoms with van der Waals surface area (Å²) in [5, 5.41) is 9.34. The Labute approximate surface area is 169 Å². The Kier molecular flexibility index (Phi) is 6.29. The highest BCUT2D eigenvalue weighted by Gasteiger charge is 2.13. The SMILES string of the molecule is Cc1ccc(C(=O)Nc2ccc(OCc3cc(C(=O)NC(C)C)no3)cc2)cc1. The van der Waals surface area contributed by atoms with Crippen LogP contribution in [0.1, 0.15) is 46.0 Å². The number of carbonyl (C=O) groups is 2. The van der Waals surface area contributed by atoms with E-state index >= 15 is 0 Å². The van der Waals surface area contributed by atoms with Crippen LogP contribution in [0.15, 0.2) is 59.1 Å². The second-order valence-corrected chi connectivity index (χ2v) is 6.94. The van der Waals surface area contributed by atoms with E-state index in [9.17, 15) is 9.59 Å². The van der Waals surface area contributed by atoms with Gasteiger partial charge in [-0.3, -0.25) is 9.59 Å². The van der Waals surface area contributed by atoms with Gasteiger partial charge in [-0.25, -0.2) is 0 Å². The molecule has 2 amide bonds. The number of rotatable bonds is 7. The molecule has 2 aromatic carbocycles. The van der Waals surface area contributed by atoms with Crippen LogP contribution in [-0.4, -0.2) is 23.0 Å². The normalized spacial score (nSPS) is 10.6. The minimum absolute atomic E-state index is 0.0175. The van der Waals surface area contributed by atoms with Crippen LogP contribution >= 0.6 is 0 Å². The lowest BCUT2D eigenvalue weighted by Crippen LogP contribution is -2.30. The van der Waals surface area contributed by atoms with Crippen LogP contribution in [0.4, 0.5) is 5.69 Å². The van der Waals surface area contributed by atoms with Crippen molar-refractivity contribution in [2.75, 3.05) is 5.32 Å². The number of benzene rings is 2. The summed E-state index contributed by atoms with van der Waals surface area (Å²) >= 11 is 0. The van der Waals surface area contributed by atoms with Crippen LogP contribution < -0.4 is 15.4 Å². The number of aryl methyl sites for hydroxylation is 1. The highest BCUT2D eigenvalue weighted by molar-refractivity contribution is 6.04. The summed E-state index contributed by atoms with van der Waals surface area (Å²) in [6.45, 7) is 5.85. The van der Waals surface area contributed by atoms with Crippen molar-refractivity contribution in [1.82, 2.24) is 10.5 Å². The quantitative estimate of drug-likeness (QED) is 0.634. The van der Waals surface area contributed by atoms with Gasteiger partial charge >= 0.3 is 0 Å². The minimum Gasteiger partial charge on any atom is -0.486 e. The van der Waals surface area contributed by atoms with E-state index in [1.165, 1.54) is 0 Å². The number of nitrogens with one attached hydrogen (secondary N) is 2. The van der Waals surface area contributed by atoms with Crippen LogP contribution in [0.25, 0.3) is 0 Å². The van der Waals surface area contributed by atoms with Crippen molar-refractivity contribution in [3.05, 3.63) is 77.2 Å². The maximum Gasteiger partial charge on any atom is 0.273 e. The fraction of sp³-hybridized carbons (Fsp3) is 0.227. The Bertz CT molecular complexity index is 976. The molecule has 2 N–H and O–H groups in total. The van der Waals surface area contributed by atoms with E-state index < -0.39 is 0 Å². The van der Waals surface area contributed by atoms with Crippen LogP contribution in [0.5, 0.6) is 5.75 Å². The van der Waals surface area contributed by atoms with E-state index in [-0.39, 0.29) is 30.2 Å². The molecular weight excluding hydrogens is 370 g/mol. The number of aromatic nitrogens is 1. The highest BCUT2D eigenvalue weighted by Crippen LogP contribution is 2.18. The first-order chi connectivity index (χ1) is 13.9. The topological polar surface area (TPSA) is 93.5 Å². The summed E-state index contributed by atoms with van der Waals surface area (Å²) in [5.74, 6) is 0.578. The summed E-state index contributed by atoms with van der Waals surface area (Å²) < 4.78 is 10.8. The van der Waals surface area contributed by atoms with E-state index in [1.807, 2.05) is 32.9 Å². The summed E-state index contributed by atoms with van der Waals surface area (Å²) in [7, 11) is 0. The largest absolute Gasteiger partial charge is 0.486 e. The molecule has 0 atom stereocenters. The molecule has 3 aromatic rings. The summed E-state index contributed by atoms with van der Waals surface area (Å²) in [6.07, 6.45) is 0. The Morgan fingerprint density at radius 2 is 1.72 bits per heavy atom. The van der Waals surface area contributed by atoms with Crippen molar-refractivity contribution in [2.24, 2.45) is 0 Å². The monoisotopic (exact) mass is 393 g/mol. The fourth-order valence-electron chi connectivity index (χ4n) is 2.52. The van der Waals surface area contributed by atoms with Gasteiger partial charge in [0, 0.05) is 23.4 Å². The summed E-state index contributed by atoms with van der Waals surface area (Å²) in [5.41, 5.74) is 2.57. The Hall–Kier alpha value is -3.61. The highest BCUT2D eigenvalue weighted by atomic mass is 16.5. The lowest BCUT2D eigenvalue weighted by atomic mass is 10.1. The Morgan fingerprint density at radius 1 is 1.03 bits per heavy atom. The van der Waals surface area contributed by atoms with E-state index in [0.717, 1.165) is 5.56 Å². The molecule has 0 saturated carbocycles. The summed E-state index contributed by atoms with van der Waals surface area (Å²) in [4.78, 5) is 24.1. The van der Waals surface area contributed by atoms with Crippen LogP contribution in [0.3, 0.4) is 0 Å². The first-order valence-electron chi connectivity index (χ1n) is 9.28. The standard InChI is InChI=1S/C22H23N3O4/c1-14(2)23-22(27)20-12-19(29-25-20)13-28-18-10-8-17(9-11-18)24-21(26)16-6-4-15(3)5-7-16/h4-12,14H,13H2,1-3H3,(H,23,27)(H,24,26). The predicted octanol–water partition coefficient (Wildman–Crippen LogP) is 3.95. The van der Waals surface area contributed by atoms with Gasteiger partial charge in [0.2, 0.25) is 0 Å². The number of ether oxygens (including phenoxy) is 1. The molecule has 0 aliphatic heterocycles. The van der Waals surface area contributed by atoms with Gasteiger partial charge in [0.25, 0.3) is 11.8 Å². The van der Waals surface area contributed by atoms with E-state index in [1.54, 1.807) is 42.5 Å². The molecule has 150 valence electrons. The molecule has 0 aliphatic rings. The number of hydrogen-bond acceptors (Lipinski definition) is 5. The molecule has 0 unspecified atom stereocenters. The fourth-order valence-corrected chi connectivity index (χ4v) is 2.52. The van der Waals surface area contributed by atoms with Gasteiger partial charge in [0.15, 0.2) is 11.5 Å². The van der Waals surface area contributed by atoms with Gasteiger partial charge in [0.1, 0.15) is 12.4 Å². The Balaban J connectivity index is 1.53. The minimum atomic E-state index is -0.288. The molecule has 3 rings (SSSR count). The molecule has 0 radical (unpaired) electrons. The molecule has 1 heterocycles. The molecule has 1 aromatic heterocycles. The molecular formula is C22H23N3O4. The third-order valence-electron chi connectivity index (χ3n) is 4.02. The maximum atomic E-state index is 12.3. The van der Waals surface area contributed by atoms with Crippen molar-refractivity contribution in [3.63, 3.8) is 0 Å². The van der Waals surface area contributed by atoms with Gasteiger partial charge < -0.3 is 19.9 Å². The zero-order chi connectivity index (χ0) is 20.8. The lowest BCUT2D eigenvalue weighted by molar-refractivity contribution is 0.0933. The average molecular weight is 393 g/mol. The van der Waals surface area contributed by atoms with E-state index in [4.69, 9.17) is 9.26 Å². The third kappa shape index (κ3) is 5.68. The lowest BCUT2D eigenvalue weighted by Gasteiger charge is -2.08. The van der Waals surface area contributed by atoms with Crippen molar-refractivity contribution in [1.29, 1.82) is 0 Å². The second-order valence-electron chi connectivity index (χ2n) is 6.94. The molecule has 29 heavy (non-hydrogen) atoms. The zero-order valence-electron chi connectivity index (χ0n) is 16.6.